The number of hydrazine groups is 1. The molecule has 3 N–H and O–H groups in total. The lowest BCUT2D eigenvalue weighted by atomic mass is 10.1. The zero-order valence-electron chi connectivity index (χ0n) is 15.2. The minimum atomic E-state index is -0.465. The first-order valence-electron chi connectivity index (χ1n) is 8.38. The normalized spacial score (nSPS) is 10.5. The molecule has 3 rings (SSSR count). The van der Waals surface area contributed by atoms with E-state index in [9.17, 15) is 19.7 Å². The number of hydrogen-bond donors (Lipinski definition) is 3. The number of H-pyrrole nitrogens is 1. The summed E-state index contributed by atoms with van der Waals surface area (Å²) in [4.78, 5) is 37.3. The first kappa shape index (κ1) is 18.8. The van der Waals surface area contributed by atoms with Crippen LogP contribution in [0.25, 0.3) is 0 Å². The van der Waals surface area contributed by atoms with Crippen molar-refractivity contribution in [1.29, 1.82) is 0 Å². The molecule has 2 aromatic heterocycles. The number of amides is 2. The fourth-order valence-electron chi connectivity index (χ4n) is 2.76. The highest BCUT2D eigenvalue weighted by Crippen LogP contribution is 2.22. The summed E-state index contributed by atoms with van der Waals surface area (Å²) < 4.78 is 1.55. The van der Waals surface area contributed by atoms with Crippen molar-refractivity contribution in [3.05, 3.63) is 80.9 Å². The van der Waals surface area contributed by atoms with Gasteiger partial charge >= 0.3 is 5.69 Å². The summed E-state index contributed by atoms with van der Waals surface area (Å²) in [5.74, 6) is -0.922. The van der Waals surface area contributed by atoms with Crippen molar-refractivity contribution in [2.75, 3.05) is 0 Å². The van der Waals surface area contributed by atoms with Crippen molar-refractivity contribution >= 4 is 17.5 Å². The van der Waals surface area contributed by atoms with Gasteiger partial charge in [-0.05, 0) is 43.7 Å². The van der Waals surface area contributed by atoms with Crippen molar-refractivity contribution < 1.29 is 14.5 Å². The van der Waals surface area contributed by atoms with Crippen LogP contribution < -0.4 is 10.9 Å². The Kier molecular flexibility index (Phi) is 5.21. The second-order valence-corrected chi connectivity index (χ2v) is 6.12. The van der Waals surface area contributed by atoms with E-state index < -0.39 is 16.7 Å². The molecule has 3 aromatic rings. The molecule has 1 aromatic carbocycles. The molecule has 144 valence electrons. The third-order valence-electron chi connectivity index (χ3n) is 4.21. The molecule has 0 aliphatic heterocycles. The Morgan fingerprint density at radius 2 is 1.82 bits per heavy atom. The second kappa shape index (κ2) is 7.74. The lowest BCUT2D eigenvalue weighted by Gasteiger charge is -2.08. The van der Waals surface area contributed by atoms with E-state index in [1.807, 2.05) is 0 Å². The van der Waals surface area contributed by atoms with Crippen LogP contribution >= 0.6 is 0 Å². The van der Waals surface area contributed by atoms with Crippen molar-refractivity contribution in [3.8, 4) is 0 Å². The van der Waals surface area contributed by atoms with E-state index in [-0.39, 0.29) is 5.69 Å². The fourth-order valence-corrected chi connectivity index (χ4v) is 2.76. The fraction of sp³-hybridized carbons (Fsp3) is 0.167. The molecule has 10 heteroatoms. The third-order valence-corrected chi connectivity index (χ3v) is 4.21. The van der Waals surface area contributed by atoms with Gasteiger partial charge in [-0.3, -0.25) is 35.2 Å². The molecular weight excluding hydrogens is 364 g/mol. The van der Waals surface area contributed by atoms with Gasteiger partial charge in [0.2, 0.25) is 0 Å². The number of carbonyl (C=O) groups excluding carboxylic acids is 2. The summed E-state index contributed by atoms with van der Waals surface area (Å²) in [5.41, 5.74) is 7.00. The van der Waals surface area contributed by atoms with Crippen LogP contribution in [-0.2, 0) is 6.54 Å². The Bertz CT molecular complexity index is 1020. The van der Waals surface area contributed by atoms with Gasteiger partial charge in [-0.2, -0.15) is 5.10 Å². The molecule has 0 aliphatic rings. The monoisotopic (exact) mass is 382 g/mol. The summed E-state index contributed by atoms with van der Waals surface area (Å²) in [6.45, 7) is 3.58. The highest BCUT2D eigenvalue weighted by atomic mass is 16.6. The predicted molar refractivity (Wildman–Crippen MR) is 99.6 cm³/mol. The van der Waals surface area contributed by atoms with Gasteiger partial charge in [0.25, 0.3) is 11.8 Å². The molecule has 2 amide bonds. The molecule has 28 heavy (non-hydrogen) atoms. The van der Waals surface area contributed by atoms with Crippen LogP contribution in [-0.4, -0.2) is 31.5 Å². The first-order chi connectivity index (χ1) is 13.4. The van der Waals surface area contributed by atoms with E-state index in [0.717, 1.165) is 5.56 Å². The van der Waals surface area contributed by atoms with Gasteiger partial charge in [0.15, 0.2) is 0 Å². The number of nitrogens with zero attached hydrogens (tertiary/aromatic N) is 3. The Morgan fingerprint density at radius 3 is 2.39 bits per heavy atom. The molecule has 2 heterocycles. The van der Waals surface area contributed by atoms with Crippen LogP contribution in [0.1, 0.15) is 37.8 Å². The number of nitro groups is 1. The summed E-state index contributed by atoms with van der Waals surface area (Å²) in [6.07, 6.45) is 1.60. The van der Waals surface area contributed by atoms with Crippen molar-refractivity contribution in [3.63, 3.8) is 0 Å². The SMILES string of the molecule is Cc1nn(Cc2ccc(C(=O)NNC(=O)c3ccc[nH]3)cc2)c(C)c1[N+](=O)[O-]. The molecule has 0 unspecified atom stereocenters. The first-order valence-corrected chi connectivity index (χ1v) is 8.38. The lowest BCUT2D eigenvalue weighted by molar-refractivity contribution is -0.386. The quantitative estimate of drug-likeness (QED) is 0.457. The van der Waals surface area contributed by atoms with Gasteiger partial charge in [0, 0.05) is 11.8 Å². The molecule has 0 radical (unpaired) electrons. The van der Waals surface area contributed by atoms with E-state index in [1.54, 1.807) is 61.1 Å². The third kappa shape index (κ3) is 3.90. The van der Waals surface area contributed by atoms with Crippen LogP contribution in [0.3, 0.4) is 0 Å². The average Bonchev–Trinajstić information content (AvgIpc) is 3.29. The smallest absolute Gasteiger partial charge is 0.312 e. The van der Waals surface area contributed by atoms with Crippen molar-refractivity contribution in [2.24, 2.45) is 0 Å². The molecule has 0 fully saturated rings. The zero-order chi connectivity index (χ0) is 20.3. The second-order valence-electron chi connectivity index (χ2n) is 6.12. The molecular formula is C18H18N6O4. The van der Waals surface area contributed by atoms with E-state index in [1.165, 1.54) is 0 Å². The number of carbonyl (C=O) groups is 2. The zero-order valence-corrected chi connectivity index (χ0v) is 15.2. The van der Waals surface area contributed by atoms with Gasteiger partial charge in [-0.25, -0.2) is 0 Å². The van der Waals surface area contributed by atoms with E-state index >= 15 is 0 Å². The summed E-state index contributed by atoms with van der Waals surface area (Å²) in [5, 5.41) is 15.3. The van der Waals surface area contributed by atoms with Gasteiger partial charge in [-0.15, -0.1) is 0 Å². The molecule has 0 atom stereocenters. The summed E-state index contributed by atoms with van der Waals surface area (Å²) in [7, 11) is 0. The van der Waals surface area contributed by atoms with Crippen LogP contribution in [0, 0.1) is 24.0 Å². The number of aryl methyl sites for hydroxylation is 1. The van der Waals surface area contributed by atoms with Gasteiger partial charge < -0.3 is 4.98 Å². The van der Waals surface area contributed by atoms with Gasteiger partial charge in [-0.1, -0.05) is 12.1 Å². The van der Waals surface area contributed by atoms with E-state index in [0.29, 0.717) is 29.2 Å². The molecule has 0 spiro atoms. The Hall–Kier alpha value is -3.95. The highest BCUT2D eigenvalue weighted by Gasteiger charge is 2.21. The number of aromatic amines is 1. The molecule has 0 saturated heterocycles. The van der Waals surface area contributed by atoms with Crippen molar-refractivity contribution in [1.82, 2.24) is 25.6 Å². The van der Waals surface area contributed by atoms with E-state index in [2.05, 4.69) is 20.9 Å². The van der Waals surface area contributed by atoms with Crippen LogP contribution in [0.4, 0.5) is 5.69 Å². The van der Waals surface area contributed by atoms with Crippen LogP contribution in [0.15, 0.2) is 42.6 Å². The molecule has 10 nitrogen and oxygen atoms in total. The lowest BCUT2D eigenvalue weighted by Crippen LogP contribution is -2.41. The topological polar surface area (TPSA) is 135 Å². The minimum absolute atomic E-state index is 0.00815. The Labute approximate surface area is 159 Å². The number of nitrogens with one attached hydrogen (secondary N) is 3. The predicted octanol–water partition coefficient (Wildman–Crippen LogP) is 1.86. The number of hydrogen-bond acceptors (Lipinski definition) is 5. The number of benzene rings is 1. The molecule has 0 bridgehead atoms. The minimum Gasteiger partial charge on any atom is -0.357 e. The van der Waals surface area contributed by atoms with Crippen molar-refractivity contribution in [2.45, 2.75) is 20.4 Å². The van der Waals surface area contributed by atoms with Crippen LogP contribution in [0.5, 0.6) is 0 Å². The largest absolute Gasteiger partial charge is 0.357 e. The number of aromatic nitrogens is 3. The highest BCUT2D eigenvalue weighted by molar-refractivity contribution is 5.98. The van der Waals surface area contributed by atoms with Crippen LogP contribution in [0.2, 0.25) is 0 Å². The van der Waals surface area contributed by atoms with Gasteiger partial charge in [0.05, 0.1) is 11.5 Å². The average molecular weight is 382 g/mol. The Balaban J connectivity index is 1.63. The standard InChI is InChI=1S/C18H18N6O4/c1-11-16(24(27)28)12(2)23(22-11)10-13-5-7-14(8-6-13)17(25)20-21-18(26)15-4-3-9-19-15/h3-9,19H,10H2,1-2H3,(H,20,25)(H,21,26). The molecule has 0 saturated carbocycles. The maximum Gasteiger partial charge on any atom is 0.312 e. The summed E-state index contributed by atoms with van der Waals surface area (Å²) >= 11 is 0. The summed E-state index contributed by atoms with van der Waals surface area (Å²) in [6, 6.07) is 9.91. The molecule has 0 aliphatic carbocycles. The van der Waals surface area contributed by atoms with Gasteiger partial charge in [0.1, 0.15) is 17.1 Å². The maximum atomic E-state index is 12.1. The number of rotatable bonds is 5. The maximum absolute atomic E-state index is 12.1. The van der Waals surface area contributed by atoms with E-state index in [4.69, 9.17) is 0 Å². The Morgan fingerprint density at radius 1 is 1.14 bits per heavy atom.